The van der Waals surface area contributed by atoms with Crippen LogP contribution in [0.4, 0.5) is 57.1 Å². The first-order chi connectivity index (χ1) is 14.1. The molecular formula is C14H18F13N3S2. The molecule has 0 aromatic rings. The van der Waals surface area contributed by atoms with Crippen molar-refractivity contribution in [2.24, 2.45) is 0 Å². The quantitative estimate of drug-likeness (QED) is 0.161. The van der Waals surface area contributed by atoms with E-state index in [0.717, 1.165) is 0 Å². The lowest BCUT2D eigenvalue weighted by atomic mass is 9.93. The molecule has 0 aliphatic heterocycles. The Morgan fingerprint density at radius 1 is 0.750 bits per heavy atom. The summed E-state index contributed by atoms with van der Waals surface area (Å²) in [6.45, 7) is 0.905. The predicted molar refractivity (Wildman–Crippen MR) is 95.0 cm³/mol. The van der Waals surface area contributed by atoms with Crippen LogP contribution >= 0.6 is 24.0 Å². The Bertz CT molecular complexity index is 623. The standard InChI is InChI=1S/C14H18F13N3S2/c1-30(2)5-4-28-8(31)29-7-32-6-3-9(15,16)10(17,18)11(19,20)12(21,22)13(23,24)14(25,26)27/h3-7H2,1-2H3,(H2,28,29,31). The molecule has 0 fully saturated rings. The van der Waals surface area contributed by atoms with Gasteiger partial charge in [0.15, 0.2) is 5.11 Å². The lowest BCUT2D eigenvalue weighted by Crippen LogP contribution is -2.70. The Kier molecular flexibility index (Phi) is 10.3. The summed E-state index contributed by atoms with van der Waals surface area (Å²) >= 11 is 5.14. The van der Waals surface area contributed by atoms with E-state index in [2.05, 4.69) is 10.6 Å². The van der Waals surface area contributed by atoms with Gasteiger partial charge in [-0.15, -0.1) is 11.8 Å². The Labute approximate surface area is 183 Å². The first-order valence-electron chi connectivity index (χ1n) is 8.26. The number of likely N-dealkylation sites (N-methyl/N-ethyl adjacent to an activating group) is 1. The summed E-state index contributed by atoms with van der Waals surface area (Å²) in [5.41, 5.74) is 0. The van der Waals surface area contributed by atoms with Crippen LogP contribution in [0, 0.1) is 0 Å². The number of rotatable bonds is 12. The second-order valence-electron chi connectivity index (χ2n) is 6.54. The molecule has 0 spiro atoms. The van der Waals surface area contributed by atoms with Crippen LogP contribution in [-0.2, 0) is 0 Å². The van der Waals surface area contributed by atoms with Gasteiger partial charge >= 0.3 is 35.8 Å². The molecule has 0 bridgehead atoms. The van der Waals surface area contributed by atoms with E-state index in [1.165, 1.54) is 0 Å². The highest BCUT2D eigenvalue weighted by Crippen LogP contribution is 2.60. The van der Waals surface area contributed by atoms with Gasteiger partial charge < -0.3 is 15.5 Å². The summed E-state index contributed by atoms with van der Waals surface area (Å²) in [5, 5.41) is 5.08. The molecule has 0 saturated carbocycles. The molecule has 0 unspecified atom stereocenters. The van der Waals surface area contributed by atoms with Crippen molar-refractivity contribution in [1.29, 1.82) is 0 Å². The molecule has 0 amide bonds. The summed E-state index contributed by atoms with van der Waals surface area (Å²) in [4.78, 5) is 1.77. The van der Waals surface area contributed by atoms with E-state index in [1.807, 2.05) is 0 Å². The van der Waals surface area contributed by atoms with Crippen molar-refractivity contribution in [3.8, 4) is 0 Å². The van der Waals surface area contributed by atoms with E-state index in [4.69, 9.17) is 12.2 Å². The molecule has 0 heterocycles. The molecule has 0 atom stereocenters. The third kappa shape index (κ3) is 6.57. The maximum Gasteiger partial charge on any atom is 0.460 e. The SMILES string of the molecule is CN(C)CCNC(=S)NCSCCC(F)(F)C(F)(F)C(F)(F)C(F)(F)C(F)(F)C(F)(F)F. The summed E-state index contributed by atoms with van der Waals surface area (Å²) < 4.78 is 168. The number of thioether (sulfide) groups is 1. The highest BCUT2D eigenvalue weighted by Gasteiger charge is 2.90. The maximum absolute atomic E-state index is 13.6. The van der Waals surface area contributed by atoms with Gasteiger partial charge in [-0.25, -0.2) is 0 Å². The van der Waals surface area contributed by atoms with Gasteiger partial charge in [-0.1, -0.05) is 0 Å². The van der Waals surface area contributed by atoms with Crippen LogP contribution < -0.4 is 10.6 Å². The fraction of sp³-hybridized carbons (Fsp3) is 0.929. The molecule has 0 aliphatic rings. The molecule has 0 rings (SSSR count). The van der Waals surface area contributed by atoms with Crippen LogP contribution in [0.15, 0.2) is 0 Å². The van der Waals surface area contributed by atoms with Crippen molar-refractivity contribution in [2.45, 2.75) is 42.2 Å². The van der Waals surface area contributed by atoms with Crippen molar-refractivity contribution < 1.29 is 57.1 Å². The zero-order chi connectivity index (χ0) is 25.8. The lowest BCUT2D eigenvalue weighted by molar-refractivity contribution is -0.439. The predicted octanol–water partition coefficient (Wildman–Crippen LogP) is 4.83. The van der Waals surface area contributed by atoms with Gasteiger partial charge in [-0.05, 0) is 26.3 Å². The second-order valence-corrected chi connectivity index (χ2v) is 8.05. The van der Waals surface area contributed by atoms with Crippen molar-refractivity contribution in [3.05, 3.63) is 0 Å². The lowest BCUT2D eigenvalue weighted by Gasteiger charge is -2.39. The molecule has 0 radical (unpaired) electrons. The van der Waals surface area contributed by atoms with Crippen LogP contribution in [-0.4, -0.2) is 84.6 Å². The van der Waals surface area contributed by atoms with Crippen molar-refractivity contribution in [1.82, 2.24) is 15.5 Å². The zero-order valence-corrected chi connectivity index (χ0v) is 17.8. The Morgan fingerprint density at radius 2 is 1.22 bits per heavy atom. The molecule has 0 aromatic heterocycles. The maximum atomic E-state index is 13.6. The molecule has 3 nitrogen and oxygen atoms in total. The van der Waals surface area contributed by atoms with Gasteiger partial charge in [0.1, 0.15) is 0 Å². The van der Waals surface area contributed by atoms with Gasteiger partial charge in [0.05, 0.1) is 5.88 Å². The number of alkyl halides is 13. The minimum Gasteiger partial charge on any atom is -0.361 e. The van der Waals surface area contributed by atoms with Gasteiger partial charge in [0, 0.05) is 25.3 Å². The van der Waals surface area contributed by atoms with Gasteiger partial charge in [-0.2, -0.15) is 57.1 Å². The largest absolute Gasteiger partial charge is 0.460 e. The normalized spacial score (nSPS) is 14.6. The number of nitrogens with one attached hydrogen (secondary N) is 2. The molecule has 18 heteroatoms. The summed E-state index contributed by atoms with van der Waals surface area (Å²) in [6.07, 6.45) is -9.65. The molecule has 192 valence electrons. The number of nitrogens with zero attached hydrogens (tertiary/aromatic N) is 1. The Balaban J connectivity index is 5.09. The van der Waals surface area contributed by atoms with Crippen LogP contribution in [0.25, 0.3) is 0 Å². The number of hydrogen-bond acceptors (Lipinski definition) is 3. The van der Waals surface area contributed by atoms with Crippen LogP contribution in [0.1, 0.15) is 6.42 Å². The monoisotopic (exact) mass is 539 g/mol. The van der Waals surface area contributed by atoms with Gasteiger partial charge in [-0.3, -0.25) is 0 Å². The summed E-state index contributed by atoms with van der Waals surface area (Å²) in [7, 11) is 3.49. The van der Waals surface area contributed by atoms with Crippen molar-refractivity contribution in [2.75, 3.05) is 38.8 Å². The highest BCUT2D eigenvalue weighted by atomic mass is 32.2. The van der Waals surface area contributed by atoms with E-state index in [0.29, 0.717) is 24.9 Å². The van der Waals surface area contributed by atoms with Crippen molar-refractivity contribution >= 4 is 29.1 Å². The molecule has 2 N–H and O–H groups in total. The minimum absolute atomic E-state index is 0.0111. The number of hydrogen-bond donors (Lipinski definition) is 2. The Morgan fingerprint density at radius 3 is 1.66 bits per heavy atom. The molecular weight excluding hydrogens is 521 g/mol. The summed E-state index contributed by atoms with van der Waals surface area (Å²) in [5.74, 6) is -38.0. The van der Waals surface area contributed by atoms with E-state index < -0.39 is 48.0 Å². The number of halogens is 13. The topological polar surface area (TPSA) is 27.3 Å². The van der Waals surface area contributed by atoms with E-state index in [9.17, 15) is 57.1 Å². The van der Waals surface area contributed by atoms with Gasteiger partial charge in [0.2, 0.25) is 0 Å². The van der Waals surface area contributed by atoms with E-state index >= 15 is 0 Å². The fourth-order valence-corrected chi connectivity index (χ4v) is 2.86. The second kappa shape index (κ2) is 10.6. The van der Waals surface area contributed by atoms with Crippen molar-refractivity contribution in [3.63, 3.8) is 0 Å². The smallest absolute Gasteiger partial charge is 0.361 e. The average Bonchev–Trinajstić information content (AvgIpc) is 2.59. The summed E-state index contributed by atoms with van der Waals surface area (Å²) in [6, 6.07) is 0. The zero-order valence-electron chi connectivity index (χ0n) is 16.2. The van der Waals surface area contributed by atoms with Gasteiger partial charge in [0.25, 0.3) is 0 Å². The molecule has 0 aromatic carbocycles. The third-order valence-electron chi connectivity index (χ3n) is 3.74. The highest BCUT2D eigenvalue weighted by molar-refractivity contribution is 7.99. The van der Waals surface area contributed by atoms with Crippen LogP contribution in [0.3, 0.4) is 0 Å². The van der Waals surface area contributed by atoms with E-state index in [-0.39, 0.29) is 11.0 Å². The van der Waals surface area contributed by atoms with E-state index in [1.54, 1.807) is 19.0 Å². The first-order valence-corrected chi connectivity index (χ1v) is 9.82. The molecule has 0 saturated heterocycles. The van der Waals surface area contributed by atoms with Crippen LogP contribution in [0.5, 0.6) is 0 Å². The fourth-order valence-electron chi connectivity index (χ4n) is 1.80. The first kappa shape index (κ1) is 31.1. The van der Waals surface area contributed by atoms with Crippen LogP contribution in [0.2, 0.25) is 0 Å². The molecule has 32 heavy (non-hydrogen) atoms. The molecule has 0 aliphatic carbocycles. The third-order valence-corrected chi connectivity index (χ3v) is 4.87. The number of thiocarbonyl (C=S) groups is 1. The Hall–Kier alpha value is -0.910. The minimum atomic E-state index is -7.87. The average molecular weight is 539 g/mol.